The molecule has 110 valence electrons. The minimum atomic E-state index is -0.729. The van der Waals surface area contributed by atoms with E-state index in [1.807, 2.05) is 7.05 Å². The summed E-state index contributed by atoms with van der Waals surface area (Å²) < 4.78 is 12.8. The van der Waals surface area contributed by atoms with Crippen LogP contribution in [0.25, 0.3) is 0 Å². The monoisotopic (exact) mass is 305 g/mol. The average Bonchev–Trinajstić information content (AvgIpc) is 2.61. The Kier molecular flexibility index (Phi) is 6.50. The molecule has 6 heteroatoms. The van der Waals surface area contributed by atoms with Gasteiger partial charge in [0.25, 0.3) is 0 Å². The van der Waals surface area contributed by atoms with Crippen molar-refractivity contribution in [2.75, 3.05) is 12.0 Å². The Labute approximate surface area is 123 Å². The van der Waals surface area contributed by atoms with Crippen LogP contribution in [0.2, 0.25) is 5.15 Å². The molecule has 0 radical (unpaired) electrons. The Morgan fingerprint density at radius 3 is 2.58 bits per heavy atom. The summed E-state index contributed by atoms with van der Waals surface area (Å²) in [5.41, 5.74) is 2.12. The van der Waals surface area contributed by atoms with Crippen LogP contribution in [0.4, 0.5) is 0 Å². The summed E-state index contributed by atoms with van der Waals surface area (Å²) in [6, 6.07) is 0.320. The molecule has 0 aromatic carbocycles. The molecule has 0 aliphatic carbocycles. The molecule has 0 aliphatic heterocycles. The number of hydrogen-bond acceptors (Lipinski definition) is 3. The molecule has 0 bridgehead atoms. The third-order valence-electron chi connectivity index (χ3n) is 3.11. The Hall–Kier alpha value is -0.390. The fraction of sp³-hybridized carbons (Fsp3) is 0.769. The van der Waals surface area contributed by atoms with E-state index in [4.69, 9.17) is 11.6 Å². The normalized spacial score (nSPS) is 14.9. The summed E-state index contributed by atoms with van der Waals surface area (Å²) in [5, 5.41) is 8.59. The van der Waals surface area contributed by atoms with Gasteiger partial charge in [0.05, 0.1) is 5.69 Å². The zero-order valence-electron chi connectivity index (χ0n) is 12.4. The highest BCUT2D eigenvalue weighted by atomic mass is 35.5. The minimum absolute atomic E-state index is 0.320. The molecule has 0 amide bonds. The second-order valence-electron chi connectivity index (χ2n) is 5.28. The van der Waals surface area contributed by atoms with Gasteiger partial charge in [-0.2, -0.15) is 5.10 Å². The maximum absolute atomic E-state index is 11.1. The fourth-order valence-corrected chi connectivity index (χ4v) is 2.80. The number of nitrogens with one attached hydrogen (secondary N) is 1. The zero-order chi connectivity index (χ0) is 14.6. The molecule has 0 spiro atoms. The fourth-order valence-electron chi connectivity index (χ4n) is 1.92. The van der Waals surface area contributed by atoms with Crippen molar-refractivity contribution < 1.29 is 4.21 Å². The van der Waals surface area contributed by atoms with Crippen molar-refractivity contribution in [2.45, 2.75) is 45.7 Å². The van der Waals surface area contributed by atoms with E-state index in [0.717, 1.165) is 23.4 Å². The number of hydrogen-bond donors (Lipinski definition) is 1. The summed E-state index contributed by atoms with van der Waals surface area (Å²) in [5.74, 6) is 1.08. The van der Waals surface area contributed by atoms with Gasteiger partial charge in [0.15, 0.2) is 0 Å². The van der Waals surface area contributed by atoms with Crippen molar-refractivity contribution in [1.29, 1.82) is 0 Å². The van der Waals surface area contributed by atoms with Gasteiger partial charge in [0, 0.05) is 48.0 Å². The molecular formula is C13H24ClN3OS. The van der Waals surface area contributed by atoms with Crippen LogP contribution in [0.5, 0.6) is 0 Å². The van der Waals surface area contributed by atoms with Crippen LogP contribution in [0.15, 0.2) is 0 Å². The molecule has 1 rings (SSSR count). The molecule has 1 aromatic rings. The van der Waals surface area contributed by atoms with Gasteiger partial charge in [0.2, 0.25) is 0 Å². The van der Waals surface area contributed by atoms with Gasteiger partial charge in [-0.1, -0.05) is 25.4 Å². The van der Waals surface area contributed by atoms with Crippen LogP contribution in [0.1, 0.15) is 44.4 Å². The average molecular weight is 306 g/mol. The Balaban J connectivity index is 2.64. The first-order valence-corrected chi connectivity index (χ1v) is 8.68. The van der Waals surface area contributed by atoms with Gasteiger partial charge >= 0.3 is 0 Å². The third kappa shape index (κ3) is 4.89. The quantitative estimate of drug-likeness (QED) is 0.841. The molecule has 0 aliphatic rings. The van der Waals surface area contributed by atoms with Gasteiger partial charge < -0.3 is 5.32 Å². The predicted molar refractivity (Wildman–Crippen MR) is 82.2 cm³/mol. The van der Waals surface area contributed by atoms with Crippen molar-refractivity contribution in [3.63, 3.8) is 0 Å². The molecule has 1 aromatic heterocycles. The van der Waals surface area contributed by atoms with Crippen LogP contribution in [-0.2, 0) is 24.4 Å². The molecule has 0 unspecified atom stereocenters. The Morgan fingerprint density at radius 1 is 1.42 bits per heavy atom. The molecule has 19 heavy (non-hydrogen) atoms. The van der Waals surface area contributed by atoms with E-state index < -0.39 is 10.8 Å². The molecule has 4 nitrogen and oxygen atoms in total. The van der Waals surface area contributed by atoms with E-state index in [9.17, 15) is 4.21 Å². The Morgan fingerprint density at radius 2 is 2.05 bits per heavy atom. The summed E-state index contributed by atoms with van der Waals surface area (Å²) in [7, 11) is 1.13. The lowest BCUT2D eigenvalue weighted by atomic mass is 10.1. The van der Waals surface area contributed by atoms with Crippen LogP contribution in [0.3, 0.4) is 0 Å². The second kappa shape index (κ2) is 7.41. The van der Waals surface area contributed by atoms with Gasteiger partial charge in [-0.25, -0.2) is 0 Å². The second-order valence-corrected chi connectivity index (χ2v) is 7.19. The van der Waals surface area contributed by atoms with Gasteiger partial charge in [0.1, 0.15) is 5.15 Å². The van der Waals surface area contributed by atoms with Crippen molar-refractivity contribution in [1.82, 2.24) is 15.1 Å². The maximum atomic E-state index is 11.1. The van der Waals surface area contributed by atoms with E-state index in [0.29, 0.717) is 23.7 Å². The molecule has 1 heterocycles. The molecule has 0 saturated heterocycles. The first-order valence-electron chi connectivity index (χ1n) is 6.57. The van der Waals surface area contributed by atoms with Crippen LogP contribution < -0.4 is 5.32 Å². The number of nitrogens with zero attached hydrogens (tertiary/aromatic N) is 2. The smallest absolute Gasteiger partial charge is 0.131 e. The van der Waals surface area contributed by atoms with Gasteiger partial charge in [-0.15, -0.1) is 0 Å². The first kappa shape index (κ1) is 16.7. The first-order chi connectivity index (χ1) is 8.82. The van der Waals surface area contributed by atoms with E-state index in [2.05, 4.69) is 31.2 Å². The zero-order valence-corrected chi connectivity index (χ0v) is 13.9. The highest BCUT2D eigenvalue weighted by molar-refractivity contribution is 7.84. The molecular weight excluding hydrogens is 282 g/mol. The molecule has 1 N–H and O–H groups in total. The predicted octanol–water partition coefficient (Wildman–Crippen LogP) is 2.44. The lowest BCUT2D eigenvalue weighted by molar-refractivity contribution is 0.532. The minimum Gasteiger partial charge on any atom is -0.310 e. The van der Waals surface area contributed by atoms with Crippen LogP contribution in [0, 0.1) is 0 Å². The van der Waals surface area contributed by atoms with E-state index in [-0.39, 0.29) is 0 Å². The summed E-state index contributed by atoms with van der Waals surface area (Å²) >= 11 is 6.28. The summed E-state index contributed by atoms with van der Waals surface area (Å²) in [6.45, 7) is 7.04. The number of rotatable bonds is 7. The van der Waals surface area contributed by atoms with Gasteiger partial charge in [-0.05, 0) is 19.3 Å². The largest absolute Gasteiger partial charge is 0.310 e. The number of halogens is 1. The molecule has 2 atom stereocenters. The van der Waals surface area contributed by atoms with E-state index in [1.54, 1.807) is 10.9 Å². The highest BCUT2D eigenvalue weighted by Crippen LogP contribution is 2.25. The van der Waals surface area contributed by atoms with Crippen LogP contribution >= 0.6 is 11.6 Å². The topological polar surface area (TPSA) is 46.9 Å². The highest BCUT2D eigenvalue weighted by Gasteiger charge is 2.17. The lowest BCUT2D eigenvalue weighted by Gasteiger charge is -2.14. The summed E-state index contributed by atoms with van der Waals surface area (Å²) in [4.78, 5) is 0. The molecule has 0 saturated carbocycles. The summed E-state index contributed by atoms with van der Waals surface area (Å²) in [6.07, 6.45) is 2.64. The van der Waals surface area contributed by atoms with E-state index >= 15 is 0 Å². The molecule has 0 fully saturated rings. The lowest BCUT2D eigenvalue weighted by Crippen LogP contribution is -2.27. The van der Waals surface area contributed by atoms with Crippen molar-refractivity contribution in [2.24, 2.45) is 7.05 Å². The maximum Gasteiger partial charge on any atom is 0.131 e. The van der Waals surface area contributed by atoms with Crippen molar-refractivity contribution in [3.8, 4) is 0 Å². The Bertz CT molecular complexity index is 445. The SMILES string of the molecule is CC(C)c1nn(C)c(Cl)c1CN[C@H](C)CC[S@](C)=O. The standard InChI is InChI=1S/C13H24ClN3OS/c1-9(2)12-11(13(14)17(4)16-12)8-15-10(3)6-7-19(5)18/h9-10,15H,6-8H2,1-5H3/t10-,19+/m1/s1. The van der Waals surface area contributed by atoms with E-state index in [1.165, 1.54) is 0 Å². The number of aromatic nitrogens is 2. The van der Waals surface area contributed by atoms with Crippen LogP contribution in [-0.4, -0.2) is 32.0 Å². The third-order valence-corrected chi connectivity index (χ3v) is 4.40. The van der Waals surface area contributed by atoms with Crippen molar-refractivity contribution in [3.05, 3.63) is 16.4 Å². The van der Waals surface area contributed by atoms with Crippen molar-refractivity contribution >= 4 is 22.4 Å². The van der Waals surface area contributed by atoms with Gasteiger partial charge in [-0.3, -0.25) is 8.89 Å². The number of aryl methyl sites for hydroxylation is 1.